The summed E-state index contributed by atoms with van der Waals surface area (Å²) < 4.78 is 0. The van der Waals surface area contributed by atoms with E-state index in [9.17, 15) is 10.1 Å². The third kappa shape index (κ3) is 1.95. The summed E-state index contributed by atoms with van der Waals surface area (Å²) in [6.07, 6.45) is 5.83. The van der Waals surface area contributed by atoms with Crippen LogP contribution in [-0.2, 0) is 17.6 Å². The van der Waals surface area contributed by atoms with E-state index in [1.54, 1.807) is 11.3 Å². The zero-order valence-electron chi connectivity index (χ0n) is 11.7. The predicted octanol–water partition coefficient (Wildman–Crippen LogP) is 2.56. The van der Waals surface area contributed by atoms with Gasteiger partial charge in [0.2, 0.25) is 5.91 Å². The highest BCUT2D eigenvalue weighted by Gasteiger charge is 2.43. The first-order valence-corrected chi connectivity index (χ1v) is 7.99. The molecule has 1 heterocycles. The molecule has 1 amide bonds. The number of rotatable bonds is 2. The minimum absolute atomic E-state index is 0.0288. The van der Waals surface area contributed by atoms with Crippen molar-refractivity contribution in [3.8, 4) is 6.07 Å². The highest BCUT2D eigenvalue weighted by Crippen LogP contribution is 2.41. The third-order valence-corrected chi connectivity index (χ3v) is 6.02. The topological polar surface area (TPSA) is 78.9 Å². The van der Waals surface area contributed by atoms with Gasteiger partial charge in [0, 0.05) is 10.9 Å². The second kappa shape index (κ2) is 4.87. The van der Waals surface area contributed by atoms with Crippen molar-refractivity contribution in [2.75, 3.05) is 5.32 Å². The molecule has 20 heavy (non-hydrogen) atoms. The molecule has 5 heteroatoms. The summed E-state index contributed by atoms with van der Waals surface area (Å²) in [5.74, 6) is -0.0288. The van der Waals surface area contributed by atoms with Gasteiger partial charge in [0.15, 0.2) is 0 Å². The summed E-state index contributed by atoms with van der Waals surface area (Å²) in [5, 5.41) is 13.1. The fourth-order valence-electron chi connectivity index (χ4n) is 3.33. The Morgan fingerprint density at radius 1 is 1.50 bits per heavy atom. The smallest absolute Gasteiger partial charge is 0.232 e. The van der Waals surface area contributed by atoms with Crippen molar-refractivity contribution in [2.24, 2.45) is 11.1 Å². The lowest BCUT2D eigenvalue weighted by Crippen LogP contribution is -2.44. The van der Waals surface area contributed by atoms with E-state index in [-0.39, 0.29) is 11.9 Å². The Bertz CT molecular complexity index is 601. The van der Waals surface area contributed by atoms with E-state index in [1.807, 2.05) is 6.92 Å². The van der Waals surface area contributed by atoms with Crippen molar-refractivity contribution < 1.29 is 4.79 Å². The van der Waals surface area contributed by atoms with Crippen LogP contribution in [0, 0.1) is 16.7 Å². The molecule has 2 atom stereocenters. The molecule has 0 saturated heterocycles. The summed E-state index contributed by atoms with van der Waals surface area (Å²) in [5.41, 5.74) is 7.41. The summed E-state index contributed by atoms with van der Waals surface area (Å²) in [4.78, 5) is 13.8. The van der Waals surface area contributed by atoms with Gasteiger partial charge in [0.1, 0.15) is 11.1 Å². The molecule has 0 aromatic carbocycles. The maximum Gasteiger partial charge on any atom is 0.232 e. The van der Waals surface area contributed by atoms with E-state index in [4.69, 9.17) is 5.73 Å². The molecule has 4 nitrogen and oxygen atoms in total. The Hall–Kier alpha value is -1.38. The third-order valence-electron chi connectivity index (χ3n) is 4.81. The zero-order valence-corrected chi connectivity index (χ0v) is 12.5. The van der Waals surface area contributed by atoms with Gasteiger partial charge in [-0.1, -0.05) is 6.42 Å². The van der Waals surface area contributed by atoms with Crippen LogP contribution in [0.25, 0.3) is 0 Å². The minimum Gasteiger partial charge on any atom is -0.327 e. The fraction of sp³-hybridized carbons (Fsp3) is 0.600. The molecule has 0 spiro atoms. The second-order valence-corrected chi connectivity index (χ2v) is 7.15. The molecule has 3 N–H and O–H groups in total. The molecule has 1 aromatic rings. The van der Waals surface area contributed by atoms with Crippen LogP contribution in [0.5, 0.6) is 0 Å². The van der Waals surface area contributed by atoms with Gasteiger partial charge in [0.25, 0.3) is 0 Å². The summed E-state index contributed by atoms with van der Waals surface area (Å²) in [6, 6.07) is 2.18. The Morgan fingerprint density at radius 2 is 2.30 bits per heavy atom. The molecule has 2 aliphatic rings. The number of carbonyl (C=O) groups excluding carboxylic acids is 1. The van der Waals surface area contributed by atoms with Crippen LogP contribution in [0.1, 0.15) is 48.6 Å². The summed E-state index contributed by atoms with van der Waals surface area (Å²) >= 11 is 1.56. The number of thiophene rings is 1. The number of nitriles is 1. The molecular weight excluding hydrogens is 270 g/mol. The first-order valence-electron chi connectivity index (χ1n) is 7.18. The average molecular weight is 289 g/mol. The highest BCUT2D eigenvalue weighted by atomic mass is 32.1. The average Bonchev–Trinajstić information content (AvgIpc) is 3.06. The maximum absolute atomic E-state index is 12.5. The Morgan fingerprint density at radius 3 is 2.95 bits per heavy atom. The van der Waals surface area contributed by atoms with Gasteiger partial charge in [-0.3, -0.25) is 4.79 Å². The van der Waals surface area contributed by atoms with Crippen LogP contribution in [0.4, 0.5) is 5.00 Å². The number of amides is 1. The predicted molar refractivity (Wildman–Crippen MR) is 79.6 cm³/mol. The van der Waals surface area contributed by atoms with Gasteiger partial charge in [-0.15, -0.1) is 11.3 Å². The molecule has 3 rings (SSSR count). The van der Waals surface area contributed by atoms with Crippen LogP contribution in [-0.4, -0.2) is 11.9 Å². The van der Waals surface area contributed by atoms with E-state index in [1.165, 1.54) is 4.88 Å². The van der Waals surface area contributed by atoms with Crippen molar-refractivity contribution in [3.05, 3.63) is 16.0 Å². The highest BCUT2D eigenvalue weighted by molar-refractivity contribution is 7.16. The quantitative estimate of drug-likeness (QED) is 0.878. The van der Waals surface area contributed by atoms with Crippen molar-refractivity contribution in [2.45, 2.75) is 51.5 Å². The summed E-state index contributed by atoms with van der Waals surface area (Å²) in [6.45, 7) is 1.94. The number of nitrogens with zero attached hydrogens (tertiary/aromatic N) is 1. The first-order chi connectivity index (χ1) is 9.56. The number of hydrogen-bond acceptors (Lipinski definition) is 4. The number of anilines is 1. The first kappa shape index (κ1) is 13.6. The molecule has 2 unspecified atom stereocenters. The Kier molecular flexibility index (Phi) is 3.31. The number of carbonyl (C=O) groups is 1. The van der Waals surface area contributed by atoms with E-state index < -0.39 is 5.41 Å². The summed E-state index contributed by atoms with van der Waals surface area (Å²) in [7, 11) is 0. The van der Waals surface area contributed by atoms with Gasteiger partial charge in [-0.2, -0.15) is 5.26 Å². The molecule has 1 fully saturated rings. The lowest BCUT2D eigenvalue weighted by Gasteiger charge is -2.27. The molecule has 1 saturated carbocycles. The monoisotopic (exact) mass is 289 g/mol. The molecule has 0 bridgehead atoms. The number of nitrogens with one attached hydrogen (secondary N) is 1. The van der Waals surface area contributed by atoms with Crippen molar-refractivity contribution in [1.82, 2.24) is 0 Å². The largest absolute Gasteiger partial charge is 0.327 e. The molecule has 1 aromatic heterocycles. The van der Waals surface area contributed by atoms with Crippen molar-refractivity contribution in [3.63, 3.8) is 0 Å². The number of fused-ring (bicyclic) bond motifs is 1. The van der Waals surface area contributed by atoms with Crippen LogP contribution in [0.15, 0.2) is 0 Å². The Labute approximate surface area is 123 Å². The van der Waals surface area contributed by atoms with Gasteiger partial charge < -0.3 is 11.1 Å². The van der Waals surface area contributed by atoms with Crippen molar-refractivity contribution in [1.29, 1.82) is 5.26 Å². The van der Waals surface area contributed by atoms with Crippen LogP contribution in [0.2, 0.25) is 0 Å². The standard InChI is InChI=1S/C15H19N3OS/c1-15(7-3-6-12(15)17)14(19)18-13-10(8-16)9-4-2-5-11(9)20-13/h12H,2-7,17H2,1H3,(H,18,19). The lowest BCUT2D eigenvalue weighted by molar-refractivity contribution is -0.125. The van der Waals surface area contributed by atoms with Gasteiger partial charge in [-0.25, -0.2) is 0 Å². The Balaban J connectivity index is 1.86. The molecular formula is C15H19N3OS. The SMILES string of the molecule is CC1(C(=O)Nc2sc3c(c2C#N)CCC3)CCCC1N. The van der Waals surface area contributed by atoms with Gasteiger partial charge in [0.05, 0.1) is 11.0 Å². The van der Waals surface area contributed by atoms with E-state index in [2.05, 4.69) is 11.4 Å². The van der Waals surface area contributed by atoms with E-state index in [0.29, 0.717) is 5.56 Å². The lowest BCUT2D eigenvalue weighted by atomic mass is 9.84. The molecule has 0 radical (unpaired) electrons. The van der Waals surface area contributed by atoms with E-state index >= 15 is 0 Å². The van der Waals surface area contributed by atoms with Gasteiger partial charge >= 0.3 is 0 Å². The van der Waals surface area contributed by atoms with Crippen LogP contribution >= 0.6 is 11.3 Å². The van der Waals surface area contributed by atoms with E-state index in [0.717, 1.165) is 49.1 Å². The maximum atomic E-state index is 12.5. The number of hydrogen-bond donors (Lipinski definition) is 2. The van der Waals surface area contributed by atoms with Gasteiger partial charge in [-0.05, 0) is 44.6 Å². The molecule has 106 valence electrons. The fourth-order valence-corrected chi connectivity index (χ4v) is 4.57. The molecule has 2 aliphatic carbocycles. The minimum atomic E-state index is -0.499. The zero-order chi connectivity index (χ0) is 14.3. The number of aryl methyl sites for hydroxylation is 1. The van der Waals surface area contributed by atoms with Crippen molar-refractivity contribution >= 4 is 22.2 Å². The normalized spacial score (nSPS) is 28.1. The number of nitrogens with two attached hydrogens (primary N) is 1. The van der Waals surface area contributed by atoms with Crippen LogP contribution in [0.3, 0.4) is 0 Å². The second-order valence-electron chi connectivity index (χ2n) is 6.04. The van der Waals surface area contributed by atoms with Crippen LogP contribution < -0.4 is 11.1 Å². The molecule has 0 aliphatic heterocycles.